The van der Waals surface area contributed by atoms with Crippen molar-refractivity contribution in [1.82, 2.24) is 20.8 Å². The van der Waals surface area contributed by atoms with Gasteiger partial charge in [0.2, 0.25) is 5.91 Å². The van der Waals surface area contributed by atoms with Gasteiger partial charge in [-0.2, -0.15) is 0 Å². The van der Waals surface area contributed by atoms with E-state index in [1.807, 2.05) is 18.2 Å². The number of aromatic amines is 1. The fourth-order valence-electron chi connectivity index (χ4n) is 4.57. The first kappa shape index (κ1) is 16.2. The molecule has 2 aromatic rings. The number of H-pyrrole nitrogens is 1. The van der Waals surface area contributed by atoms with Crippen LogP contribution in [-0.4, -0.2) is 34.6 Å². The molecule has 4 atom stereocenters. The van der Waals surface area contributed by atoms with E-state index >= 15 is 0 Å². The molecule has 1 aromatic heterocycles. The normalized spacial score (nSPS) is 31.2. The van der Waals surface area contributed by atoms with Gasteiger partial charge >= 0.3 is 0 Å². The summed E-state index contributed by atoms with van der Waals surface area (Å²) < 4.78 is 5.70. The van der Waals surface area contributed by atoms with E-state index in [0.717, 1.165) is 54.8 Å². The minimum atomic E-state index is -0.166. The van der Waals surface area contributed by atoms with Crippen LogP contribution in [0.1, 0.15) is 50.5 Å². The molecule has 1 aromatic carbocycles. The molecule has 7 nitrogen and oxygen atoms in total. The van der Waals surface area contributed by atoms with Crippen LogP contribution in [0.4, 0.5) is 5.69 Å². The Bertz CT molecular complexity index is 813. The summed E-state index contributed by atoms with van der Waals surface area (Å²) >= 11 is 0. The average molecular weight is 355 g/mol. The van der Waals surface area contributed by atoms with Crippen LogP contribution in [0.5, 0.6) is 0 Å². The number of ether oxygens (including phenoxy) is 1. The van der Waals surface area contributed by atoms with Gasteiger partial charge in [-0.05, 0) is 43.9 Å². The summed E-state index contributed by atoms with van der Waals surface area (Å²) in [5.74, 6) is 1.29. The van der Waals surface area contributed by atoms with Gasteiger partial charge in [0.1, 0.15) is 18.0 Å². The van der Waals surface area contributed by atoms with Crippen molar-refractivity contribution in [2.75, 3.05) is 11.9 Å². The number of aromatic nitrogens is 2. The second-order valence-corrected chi connectivity index (χ2v) is 7.67. The number of nitrogens with zero attached hydrogens (tertiary/aromatic N) is 1. The van der Waals surface area contributed by atoms with Crippen molar-refractivity contribution in [1.29, 1.82) is 0 Å². The zero-order valence-electron chi connectivity index (χ0n) is 14.8. The molecule has 3 aliphatic rings. The van der Waals surface area contributed by atoms with Crippen LogP contribution >= 0.6 is 0 Å². The minimum absolute atomic E-state index is 0.0325. The molecule has 7 heteroatoms. The van der Waals surface area contributed by atoms with E-state index in [1.165, 1.54) is 12.8 Å². The van der Waals surface area contributed by atoms with Gasteiger partial charge in [0.05, 0.1) is 11.0 Å². The number of hydrogen-bond donors (Lipinski definition) is 4. The molecule has 26 heavy (non-hydrogen) atoms. The van der Waals surface area contributed by atoms with Crippen molar-refractivity contribution >= 4 is 22.6 Å². The van der Waals surface area contributed by atoms with Gasteiger partial charge in [-0.25, -0.2) is 10.4 Å². The smallest absolute Gasteiger partial charge is 0.243 e. The number of rotatable bonds is 3. The van der Waals surface area contributed by atoms with Gasteiger partial charge < -0.3 is 15.0 Å². The van der Waals surface area contributed by atoms with Crippen LogP contribution < -0.4 is 16.2 Å². The van der Waals surface area contributed by atoms with Crippen LogP contribution in [0.2, 0.25) is 0 Å². The zero-order chi connectivity index (χ0) is 17.5. The molecule has 1 aliphatic carbocycles. The average Bonchev–Trinajstić information content (AvgIpc) is 3.39. The summed E-state index contributed by atoms with van der Waals surface area (Å²) in [4.78, 5) is 20.7. The van der Waals surface area contributed by atoms with Crippen LogP contribution in [-0.2, 0) is 9.53 Å². The Kier molecular flexibility index (Phi) is 4.15. The van der Waals surface area contributed by atoms with Crippen molar-refractivity contribution < 1.29 is 9.53 Å². The van der Waals surface area contributed by atoms with Crippen molar-refractivity contribution in [2.45, 2.75) is 56.7 Å². The van der Waals surface area contributed by atoms with Crippen molar-refractivity contribution in [3.05, 3.63) is 24.0 Å². The molecule has 3 heterocycles. The van der Waals surface area contributed by atoms with E-state index in [4.69, 9.17) is 4.74 Å². The Balaban J connectivity index is 1.32. The van der Waals surface area contributed by atoms with Gasteiger partial charge in [-0.3, -0.25) is 10.2 Å². The highest BCUT2D eigenvalue weighted by molar-refractivity contribution is 5.96. The van der Waals surface area contributed by atoms with E-state index < -0.39 is 0 Å². The van der Waals surface area contributed by atoms with Crippen molar-refractivity contribution in [2.24, 2.45) is 5.92 Å². The number of nitrogens with one attached hydrogen (secondary N) is 4. The van der Waals surface area contributed by atoms with E-state index in [2.05, 4.69) is 26.1 Å². The number of imidazole rings is 1. The lowest BCUT2D eigenvalue weighted by molar-refractivity contribution is -0.118. The Morgan fingerprint density at radius 1 is 1.15 bits per heavy atom. The predicted molar refractivity (Wildman–Crippen MR) is 98.5 cm³/mol. The third-order valence-electron chi connectivity index (χ3n) is 5.96. The van der Waals surface area contributed by atoms with E-state index in [1.54, 1.807) is 0 Å². The second-order valence-electron chi connectivity index (χ2n) is 7.67. The molecule has 0 radical (unpaired) electrons. The Morgan fingerprint density at radius 2 is 2.08 bits per heavy atom. The number of benzene rings is 1. The van der Waals surface area contributed by atoms with E-state index in [0.29, 0.717) is 12.0 Å². The second kappa shape index (κ2) is 6.64. The quantitative estimate of drug-likeness (QED) is 0.679. The lowest BCUT2D eigenvalue weighted by atomic mass is 9.81. The first-order chi connectivity index (χ1) is 12.8. The van der Waals surface area contributed by atoms with E-state index in [9.17, 15) is 4.79 Å². The molecule has 4 N–H and O–H groups in total. The van der Waals surface area contributed by atoms with Gasteiger partial charge in [0.15, 0.2) is 0 Å². The number of hydrogen-bond acceptors (Lipinski definition) is 5. The number of fused-ring (bicyclic) bond motifs is 2. The van der Waals surface area contributed by atoms with Gasteiger partial charge in [-0.15, -0.1) is 0 Å². The summed E-state index contributed by atoms with van der Waals surface area (Å²) in [7, 11) is 0. The zero-order valence-corrected chi connectivity index (χ0v) is 14.8. The minimum Gasteiger partial charge on any atom is -0.370 e. The third-order valence-corrected chi connectivity index (χ3v) is 5.96. The maximum absolute atomic E-state index is 12.8. The van der Waals surface area contributed by atoms with Gasteiger partial charge in [-0.1, -0.05) is 12.8 Å². The first-order valence-electron chi connectivity index (χ1n) is 9.71. The molecule has 2 saturated heterocycles. The summed E-state index contributed by atoms with van der Waals surface area (Å²) in [6, 6.07) is 6.08. The molecule has 0 spiro atoms. The molecule has 5 rings (SSSR count). The highest BCUT2D eigenvalue weighted by atomic mass is 16.5. The van der Waals surface area contributed by atoms with Crippen LogP contribution in [0.15, 0.2) is 18.2 Å². The first-order valence-corrected chi connectivity index (χ1v) is 9.71. The van der Waals surface area contributed by atoms with Crippen molar-refractivity contribution in [3.8, 4) is 0 Å². The third kappa shape index (κ3) is 2.90. The fourth-order valence-corrected chi connectivity index (χ4v) is 4.57. The molecule has 1 saturated carbocycles. The number of carbonyl (C=O) groups excluding carboxylic acids is 1. The maximum Gasteiger partial charge on any atom is 0.243 e. The Hall–Kier alpha value is -1.96. The molecule has 4 unspecified atom stereocenters. The SMILES string of the molecule is O=C(Nc1ccc2nc(C3CCCO3)[nH]c2c1)C1NNC2CCCCC21. The molecule has 2 aliphatic heterocycles. The highest BCUT2D eigenvalue weighted by Crippen LogP contribution is 2.31. The fraction of sp³-hybridized carbons (Fsp3) is 0.579. The monoisotopic (exact) mass is 355 g/mol. The van der Waals surface area contributed by atoms with Crippen molar-refractivity contribution in [3.63, 3.8) is 0 Å². The largest absolute Gasteiger partial charge is 0.370 e. The molecule has 1 amide bonds. The predicted octanol–water partition coefficient (Wildman–Crippen LogP) is 2.39. The topological polar surface area (TPSA) is 91.1 Å². The number of carbonyl (C=O) groups is 1. The highest BCUT2D eigenvalue weighted by Gasteiger charge is 2.40. The lowest BCUT2D eigenvalue weighted by Crippen LogP contribution is -2.42. The lowest BCUT2D eigenvalue weighted by Gasteiger charge is -2.26. The summed E-state index contributed by atoms with van der Waals surface area (Å²) in [5.41, 5.74) is 9.13. The van der Waals surface area contributed by atoms with Gasteiger partial charge in [0, 0.05) is 24.3 Å². The molecular formula is C19H25N5O2. The number of amides is 1. The summed E-state index contributed by atoms with van der Waals surface area (Å²) in [5, 5.41) is 3.07. The Labute approximate surface area is 152 Å². The van der Waals surface area contributed by atoms with E-state index in [-0.39, 0.29) is 18.1 Å². The summed E-state index contributed by atoms with van der Waals surface area (Å²) in [6.07, 6.45) is 6.85. The molecule has 3 fully saturated rings. The maximum atomic E-state index is 12.8. The molecule has 0 bridgehead atoms. The van der Waals surface area contributed by atoms with Crippen LogP contribution in [0.3, 0.4) is 0 Å². The number of anilines is 1. The Morgan fingerprint density at radius 3 is 2.96 bits per heavy atom. The summed E-state index contributed by atoms with van der Waals surface area (Å²) in [6.45, 7) is 0.799. The molecule has 138 valence electrons. The van der Waals surface area contributed by atoms with Gasteiger partial charge in [0.25, 0.3) is 0 Å². The standard InChI is InChI=1S/C19H25N5O2/c25-19(17-12-4-1-2-5-13(12)23-24-17)20-11-7-8-14-15(10-11)22-18(21-14)16-6-3-9-26-16/h7-8,10,12-13,16-17,23-24H,1-6,9H2,(H,20,25)(H,21,22). The number of hydrazine groups is 1. The van der Waals surface area contributed by atoms with Crippen LogP contribution in [0, 0.1) is 5.92 Å². The molecular weight excluding hydrogens is 330 g/mol. The van der Waals surface area contributed by atoms with Crippen LogP contribution in [0.25, 0.3) is 11.0 Å².